The Bertz CT molecular complexity index is 3830. The first kappa shape index (κ1) is 35.6. The van der Waals surface area contributed by atoms with Crippen LogP contribution in [-0.4, -0.2) is 24.1 Å². The lowest BCUT2D eigenvalue weighted by Crippen LogP contribution is -2.00. The SMILES string of the molecule is c1ccc(-c2ccc3c(c2)c2ccccc2n3-c2cccc3c2sc2ccc4c5ccc(-c6nc(-c7ccccc7)nc(-c7ccccc7)n6)cc5n(-c5ccccc5)c4c23)cc1. The minimum absolute atomic E-state index is 0.632. The number of nitrogens with zero attached hydrogens (tertiary/aromatic N) is 5. The predicted octanol–water partition coefficient (Wildman–Crippen LogP) is 15.1. The summed E-state index contributed by atoms with van der Waals surface area (Å²) in [6.45, 7) is 0. The third-order valence-electron chi connectivity index (χ3n) is 12.4. The molecular weight excluding hydrogens is 787 g/mol. The molecule has 0 spiro atoms. The molecule has 13 aromatic rings. The summed E-state index contributed by atoms with van der Waals surface area (Å²) in [5, 5.41) is 7.36. The maximum absolute atomic E-state index is 5.11. The molecule has 13 rings (SSSR count). The summed E-state index contributed by atoms with van der Waals surface area (Å²) < 4.78 is 7.41. The average molecular weight is 822 g/mol. The summed E-state index contributed by atoms with van der Waals surface area (Å²) in [6, 6.07) is 75.5. The molecule has 0 aliphatic rings. The summed E-state index contributed by atoms with van der Waals surface area (Å²) in [5.41, 5.74) is 12.2. The summed E-state index contributed by atoms with van der Waals surface area (Å²) in [6.07, 6.45) is 0. The second kappa shape index (κ2) is 14.2. The van der Waals surface area contributed by atoms with Crippen molar-refractivity contribution in [2.75, 3.05) is 0 Å². The van der Waals surface area contributed by atoms with Crippen LogP contribution in [0.2, 0.25) is 0 Å². The van der Waals surface area contributed by atoms with E-state index in [9.17, 15) is 0 Å². The van der Waals surface area contributed by atoms with E-state index in [1.54, 1.807) is 0 Å². The smallest absolute Gasteiger partial charge is 0.164 e. The van der Waals surface area contributed by atoms with Gasteiger partial charge in [-0.25, -0.2) is 15.0 Å². The van der Waals surface area contributed by atoms with Gasteiger partial charge in [-0.3, -0.25) is 0 Å². The van der Waals surface area contributed by atoms with Gasteiger partial charge < -0.3 is 9.13 Å². The fourth-order valence-electron chi connectivity index (χ4n) is 9.51. The number of rotatable bonds is 6. The van der Waals surface area contributed by atoms with Gasteiger partial charge in [0.15, 0.2) is 17.5 Å². The van der Waals surface area contributed by atoms with Crippen LogP contribution >= 0.6 is 11.3 Å². The average Bonchev–Trinajstić information content (AvgIpc) is 4.02. The van der Waals surface area contributed by atoms with Crippen LogP contribution < -0.4 is 0 Å². The highest BCUT2D eigenvalue weighted by molar-refractivity contribution is 7.26. The van der Waals surface area contributed by atoms with Gasteiger partial charge in [-0.15, -0.1) is 11.3 Å². The fraction of sp³-hybridized carbons (Fsp3) is 0. The Morgan fingerprint density at radius 1 is 0.333 bits per heavy atom. The van der Waals surface area contributed by atoms with E-state index in [-0.39, 0.29) is 0 Å². The van der Waals surface area contributed by atoms with Gasteiger partial charge in [-0.05, 0) is 59.7 Å². The molecule has 0 atom stereocenters. The Kier molecular flexibility index (Phi) is 8.01. The second-order valence-corrected chi connectivity index (χ2v) is 17.0. The molecule has 0 amide bonds. The van der Waals surface area contributed by atoms with Crippen LogP contribution in [0.4, 0.5) is 0 Å². The molecule has 5 nitrogen and oxygen atoms in total. The van der Waals surface area contributed by atoms with Crippen molar-refractivity contribution < 1.29 is 0 Å². The van der Waals surface area contributed by atoms with Crippen LogP contribution in [0.15, 0.2) is 212 Å². The van der Waals surface area contributed by atoms with Gasteiger partial charge in [0.05, 0.1) is 32.5 Å². The summed E-state index contributed by atoms with van der Waals surface area (Å²) in [4.78, 5) is 15.2. The molecule has 9 aromatic carbocycles. The maximum Gasteiger partial charge on any atom is 0.164 e. The third kappa shape index (κ3) is 5.66. The van der Waals surface area contributed by atoms with Crippen molar-refractivity contribution in [3.8, 4) is 56.7 Å². The fourth-order valence-corrected chi connectivity index (χ4v) is 10.7. The predicted molar refractivity (Wildman–Crippen MR) is 263 cm³/mol. The Balaban J connectivity index is 1.06. The first-order valence-corrected chi connectivity index (χ1v) is 22.0. The highest BCUT2D eigenvalue weighted by Gasteiger charge is 2.22. The number of thiophene rings is 1. The Morgan fingerprint density at radius 2 is 0.889 bits per heavy atom. The van der Waals surface area contributed by atoms with E-state index in [1.165, 1.54) is 75.1 Å². The maximum atomic E-state index is 5.11. The van der Waals surface area contributed by atoms with Crippen LogP contribution in [-0.2, 0) is 0 Å². The molecule has 0 saturated heterocycles. The third-order valence-corrected chi connectivity index (χ3v) is 13.6. The molecule has 0 fully saturated rings. The minimum Gasteiger partial charge on any atom is -0.309 e. The van der Waals surface area contributed by atoms with Crippen LogP contribution in [0.5, 0.6) is 0 Å². The van der Waals surface area contributed by atoms with E-state index in [1.807, 2.05) is 47.7 Å². The Labute approximate surface area is 366 Å². The zero-order valence-electron chi connectivity index (χ0n) is 33.9. The normalized spacial score (nSPS) is 11.8. The van der Waals surface area contributed by atoms with Crippen molar-refractivity contribution in [1.29, 1.82) is 0 Å². The summed E-state index contributed by atoms with van der Waals surface area (Å²) in [5.74, 6) is 1.92. The lowest BCUT2D eigenvalue weighted by atomic mass is 10.0. The number of aromatic nitrogens is 5. The minimum atomic E-state index is 0.632. The molecule has 0 N–H and O–H groups in total. The van der Waals surface area contributed by atoms with Crippen LogP contribution in [0.3, 0.4) is 0 Å². The Hall–Kier alpha value is -8.19. The van der Waals surface area contributed by atoms with Crippen molar-refractivity contribution in [1.82, 2.24) is 24.1 Å². The van der Waals surface area contributed by atoms with Gasteiger partial charge >= 0.3 is 0 Å². The molecule has 4 aromatic heterocycles. The van der Waals surface area contributed by atoms with Crippen molar-refractivity contribution >= 4 is 75.1 Å². The number of benzene rings is 9. The number of fused-ring (bicyclic) bond motifs is 10. The molecular formula is C57H35N5S. The highest BCUT2D eigenvalue weighted by atomic mass is 32.1. The standard InChI is InChI=1S/C57H35N5S/c1-5-16-36(17-6-1)39-29-32-48-46(34-39)42-24-13-14-26-47(42)62(48)49-27-15-25-45-52-51(63-54(45)49)33-31-44-43-30-28-40(35-50(43)61(53(44)52)41-22-11-4-12-23-41)57-59-55(37-18-7-2-8-19-37)58-56(60-57)38-20-9-3-10-21-38/h1-35H. The molecule has 6 heteroatoms. The van der Waals surface area contributed by atoms with E-state index < -0.39 is 0 Å². The molecule has 0 aliphatic heterocycles. The number of hydrogen-bond acceptors (Lipinski definition) is 4. The zero-order valence-corrected chi connectivity index (χ0v) is 34.7. The first-order chi connectivity index (χ1) is 31.2. The molecule has 0 radical (unpaired) electrons. The van der Waals surface area contributed by atoms with Crippen LogP contribution in [0.25, 0.3) is 120 Å². The van der Waals surface area contributed by atoms with Crippen molar-refractivity contribution in [2.45, 2.75) is 0 Å². The van der Waals surface area contributed by atoms with Crippen molar-refractivity contribution in [3.05, 3.63) is 212 Å². The monoisotopic (exact) mass is 821 g/mol. The lowest BCUT2D eigenvalue weighted by molar-refractivity contribution is 1.07. The van der Waals surface area contributed by atoms with Crippen molar-refractivity contribution in [3.63, 3.8) is 0 Å². The summed E-state index contributed by atoms with van der Waals surface area (Å²) >= 11 is 1.87. The van der Waals surface area contributed by atoms with E-state index >= 15 is 0 Å². The van der Waals surface area contributed by atoms with Gasteiger partial charge in [0.1, 0.15) is 0 Å². The van der Waals surface area contributed by atoms with Gasteiger partial charge in [-0.2, -0.15) is 0 Å². The molecule has 0 aliphatic carbocycles. The largest absolute Gasteiger partial charge is 0.309 e. The van der Waals surface area contributed by atoms with Gasteiger partial charge in [0.25, 0.3) is 0 Å². The van der Waals surface area contributed by atoms with Gasteiger partial charge in [0.2, 0.25) is 0 Å². The molecule has 0 bridgehead atoms. The van der Waals surface area contributed by atoms with Gasteiger partial charge in [-0.1, -0.05) is 164 Å². The molecule has 0 unspecified atom stereocenters. The second-order valence-electron chi connectivity index (χ2n) is 16.0. The van der Waals surface area contributed by atoms with Crippen LogP contribution in [0, 0.1) is 0 Å². The molecule has 4 heterocycles. The van der Waals surface area contributed by atoms with E-state index in [4.69, 9.17) is 15.0 Å². The molecule has 63 heavy (non-hydrogen) atoms. The zero-order chi connectivity index (χ0) is 41.4. The van der Waals surface area contributed by atoms with E-state index in [2.05, 4.69) is 185 Å². The Morgan fingerprint density at radius 3 is 1.60 bits per heavy atom. The quantitative estimate of drug-likeness (QED) is 0.168. The first-order valence-electron chi connectivity index (χ1n) is 21.2. The molecule has 0 saturated carbocycles. The highest BCUT2D eigenvalue weighted by Crippen LogP contribution is 2.46. The van der Waals surface area contributed by atoms with E-state index in [0.29, 0.717) is 17.5 Å². The number of hydrogen-bond donors (Lipinski definition) is 0. The lowest BCUT2D eigenvalue weighted by Gasteiger charge is -2.11. The topological polar surface area (TPSA) is 48.5 Å². The summed E-state index contributed by atoms with van der Waals surface area (Å²) in [7, 11) is 0. The van der Waals surface area contributed by atoms with Gasteiger partial charge in [0, 0.05) is 59.4 Å². The van der Waals surface area contributed by atoms with Crippen molar-refractivity contribution in [2.24, 2.45) is 0 Å². The van der Waals surface area contributed by atoms with E-state index in [0.717, 1.165) is 27.9 Å². The van der Waals surface area contributed by atoms with Crippen LogP contribution in [0.1, 0.15) is 0 Å². The molecule has 294 valence electrons. The number of para-hydroxylation sites is 2.